The van der Waals surface area contributed by atoms with Crippen LogP contribution >= 0.6 is 11.3 Å². The van der Waals surface area contributed by atoms with Gasteiger partial charge in [0.05, 0.1) is 17.7 Å². The number of thiazole rings is 1. The summed E-state index contributed by atoms with van der Waals surface area (Å²) in [4.78, 5) is 27.7. The van der Waals surface area contributed by atoms with E-state index < -0.39 is 0 Å². The first kappa shape index (κ1) is 12.6. The predicted molar refractivity (Wildman–Crippen MR) is 68.0 cm³/mol. The summed E-state index contributed by atoms with van der Waals surface area (Å²) >= 11 is 1.25. The third kappa shape index (κ3) is 2.53. The molecule has 2 aromatic rings. The summed E-state index contributed by atoms with van der Waals surface area (Å²) in [6.07, 6.45) is 3.75. The molecule has 0 saturated heterocycles. The number of rotatable bonds is 5. The fourth-order valence-corrected chi connectivity index (χ4v) is 2.28. The van der Waals surface area contributed by atoms with Crippen molar-refractivity contribution >= 4 is 22.9 Å². The first-order valence-corrected chi connectivity index (χ1v) is 6.48. The van der Waals surface area contributed by atoms with Crippen LogP contribution in [0.2, 0.25) is 0 Å². The highest BCUT2D eigenvalue weighted by Gasteiger charge is 2.19. The lowest BCUT2D eigenvalue weighted by Gasteiger charge is -1.97. The summed E-state index contributed by atoms with van der Waals surface area (Å²) < 4.78 is 1.60. The van der Waals surface area contributed by atoms with Gasteiger partial charge in [0, 0.05) is 24.8 Å². The Kier molecular flexibility index (Phi) is 3.66. The number of hydrogen-bond donors (Lipinski definition) is 0. The van der Waals surface area contributed by atoms with Crippen molar-refractivity contribution in [3.05, 3.63) is 34.0 Å². The van der Waals surface area contributed by atoms with Crippen molar-refractivity contribution < 1.29 is 9.59 Å². The van der Waals surface area contributed by atoms with Crippen LogP contribution in [0.5, 0.6) is 0 Å². The number of Topliss-reactive ketones (excluding diaryl/α,β-unsaturated/α-hetero) is 2. The molecule has 18 heavy (non-hydrogen) atoms. The summed E-state index contributed by atoms with van der Waals surface area (Å²) in [5.74, 6) is -0.430. The fraction of sp³-hybridized carbons (Fsp3) is 0.333. The maximum atomic E-state index is 12.0. The van der Waals surface area contributed by atoms with Gasteiger partial charge in [-0.25, -0.2) is 4.98 Å². The van der Waals surface area contributed by atoms with Gasteiger partial charge in [-0.15, -0.1) is 11.3 Å². The standard InChI is InChI=1S/C12H13N3O2S/c1-3-9-8(7-15(2)14-9)10(16)6-11(17)12-13-4-5-18-12/h4-5,7H,3,6H2,1-2H3. The van der Waals surface area contributed by atoms with Crippen molar-refractivity contribution in [1.82, 2.24) is 14.8 Å². The molecule has 0 saturated carbocycles. The molecule has 0 bridgehead atoms. The minimum atomic E-state index is -0.235. The molecule has 0 N–H and O–H groups in total. The van der Waals surface area contributed by atoms with E-state index in [1.807, 2.05) is 6.92 Å². The van der Waals surface area contributed by atoms with Crippen LogP contribution in [0.15, 0.2) is 17.8 Å². The fourth-order valence-electron chi connectivity index (χ4n) is 1.71. The third-order valence-corrected chi connectivity index (χ3v) is 3.35. The molecule has 0 aliphatic carbocycles. The van der Waals surface area contributed by atoms with E-state index in [2.05, 4.69) is 10.1 Å². The Morgan fingerprint density at radius 2 is 2.17 bits per heavy atom. The molecule has 0 spiro atoms. The molecule has 2 rings (SSSR count). The quantitative estimate of drug-likeness (QED) is 0.610. The third-order valence-electron chi connectivity index (χ3n) is 2.53. The molecule has 94 valence electrons. The highest BCUT2D eigenvalue weighted by molar-refractivity contribution is 7.11. The van der Waals surface area contributed by atoms with Crippen molar-refractivity contribution in [3.63, 3.8) is 0 Å². The average Bonchev–Trinajstić information content (AvgIpc) is 2.96. The van der Waals surface area contributed by atoms with E-state index in [0.717, 1.165) is 5.69 Å². The van der Waals surface area contributed by atoms with E-state index in [1.165, 1.54) is 11.3 Å². The molecule has 0 unspecified atom stereocenters. The first-order valence-electron chi connectivity index (χ1n) is 5.60. The van der Waals surface area contributed by atoms with Gasteiger partial charge in [-0.05, 0) is 6.42 Å². The van der Waals surface area contributed by atoms with Gasteiger partial charge in [0.15, 0.2) is 16.6 Å². The number of aryl methyl sites for hydroxylation is 2. The van der Waals surface area contributed by atoms with E-state index in [1.54, 1.807) is 29.5 Å². The van der Waals surface area contributed by atoms with Gasteiger partial charge >= 0.3 is 0 Å². The summed E-state index contributed by atoms with van der Waals surface area (Å²) in [7, 11) is 1.76. The number of carbonyl (C=O) groups excluding carboxylic acids is 2. The maximum Gasteiger partial charge on any atom is 0.199 e. The minimum absolute atomic E-state index is 0.147. The zero-order chi connectivity index (χ0) is 13.1. The number of ketones is 2. The minimum Gasteiger partial charge on any atom is -0.294 e. The van der Waals surface area contributed by atoms with E-state index in [-0.39, 0.29) is 18.0 Å². The Balaban J connectivity index is 2.15. The van der Waals surface area contributed by atoms with Crippen LogP contribution in [-0.2, 0) is 13.5 Å². The SMILES string of the molecule is CCc1nn(C)cc1C(=O)CC(=O)c1nccs1. The summed E-state index contributed by atoms with van der Waals surface area (Å²) in [6.45, 7) is 1.93. The molecule has 0 amide bonds. The van der Waals surface area contributed by atoms with Gasteiger partial charge in [-0.3, -0.25) is 14.3 Å². The summed E-state index contributed by atoms with van der Waals surface area (Å²) in [5.41, 5.74) is 1.26. The van der Waals surface area contributed by atoms with Crippen LogP contribution in [0.3, 0.4) is 0 Å². The van der Waals surface area contributed by atoms with Gasteiger partial charge < -0.3 is 0 Å². The molecule has 0 aliphatic rings. The molecule has 0 atom stereocenters. The molecular weight excluding hydrogens is 250 g/mol. The Hall–Kier alpha value is -1.82. The molecule has 2 aromatic heterocycles. The monoisotopic (exact) mass is 263 g/mol. The maximum absolute atomic E-state index is 12.0. The van der Waals surface area contributed by atoms with Gasteiger partial charge in [-0.1, -0.05) is 6.92 Å². The highest BCUT2D eigenvalue weighted by Crippen LogP contribution is 2.13. The molecule has 0 fully saturated rings. The predicted octanol–water partition coefficient (Wildman–Crippen LogP) is 1.89. The van der Waals surface area contributed by atoms with Gasteiger partial charge in [-0.2, -0.15) is 5.10 Å². The van der Waals surface area contributed by atoms with Crippen LogP contribution in [-0.4, -0.2) is 26.3 Å². The van der Waals surface area contributed by atoms with Crippen molar-refractivity contribution in [3.8, 4) is 0 Å². The van der Waals surface area contributed by atoms with Gasteiger partial charge in [0.2, 0.25) is 0 Å². The van der Waals surface area contributed by atoms with E-state index in [9.17, 15) is 9.59 Å². The Morgan fingerprint density at radius 1 is 1.39 bits per heavy atom. The highest BCUT2D eigenvalue weighted by atomic mass is 32.1. The van der Waals surface area contributed by atoms with Gasteiger partial charge in [0.25, 0.3) is 0 Å². The molecule has 6 heteroatoms. The zero-order valence-corrected chi connectivity index (χ0v) is 11.0. The molecule has 0 radical (unpaired) electrons. The topological polar surface area (TPSA) is 64.8 Å². The van der Waals surface area contributed by atoms with Crippen molar-refractivity contribution in [2.75, 3.05) is 0 Å². The number of hydrogen-bond acceptors (Lipinski definition) is 5. The summed E-state index contributed by atoms with van der Waals surface area (Å²) in [5, 5.41) is 6.29. The number of carbonyl (C=O) groups is 2. The largest absolute Gasteiger partial charge is 0.294 e. The second-order valence-electron chi connectivity index (χ2n) is 3.88. The molecule has 5 nitrogen and oxygen atoms in total. The second kappa shape index (κ2) is 5.22. The van der Waals surface area contributed by atoms with Crippen LogP contribution in [0.4, 0.5) is 0 Å². The lowest BCUT2D eigenvalue weighted by molar-refractivity contribution is 0.0893. The Labute approximate surface area is 108 Å². The van der Waals surface area contributed by atoms with E-state index in [4.69, 9.17) is 0 Å². The average molecular weight is 263 g/mol. The Bertz CT molecular complexity index is 572. The molecule has 0 aliphatic heterocycles. The van der Waals surface area contributed by atoms with E-state index in [0.29, 0.717) is 17.0 Å². The lowest BCUT2D eigenvalue weighted by Crippen LogP contribution is -2.09. The smallest absolute Gasteiger partial charge is 0.199 e. The van der Waals surface area contributed by atoms with E-state index >= 15 is 0 Å². The van der Waals surface area contributed by atoms with Crippen LogP contribution in [0.1, 0.15) is 39.2 Å². The zero-order valence-electron chi connectivity index (χ0n) is 10.2. The normalized spacial score (nSPS) is 10.6. The second-order valence-corrected chi connectivity index (χ2v) is 4.77. The van der Waals surface area contributed by atoms with Gasteiger partial charge in [0.1, 0.15) is 0 Å². The molecular formula is C12H13N3O2S. The van der Waals surface area contributed by atoms with Crippen LogP contribution in [0, 0.1) is 0 Å². The van der Waals surface area contributed by atoms with Crippen molar-refractivity contribution in [2.45, 2.75) is 19.8 Å². The van der Waals surface area contributed by atoms with Crippen molar-refractivity contribution in [2.24, 2.45) is 7.05 Å². The lowest BCUT2D eigenvalue weighted by atomic mass is 10.1. The summed E-state index contributed by atoms with van der Waals surface area (Å²) in [6, 6.07) is 0. The van der Waals surface area contributed by atoms with Crippen LogP contribution < -0.4 is 0 Å². The first-order chi connectivity index (χ1) is 8.61. The van der Waals surface area contributed by atoms with Crippen molar-refractivity contribution in [1.29, 1.82) is 0 Å². The molecule has 2 heterocycles. The number of aromatic nitrogens is 3. The number of nitrogens with zero attached hydrogens (tertiary/aromatic N) is 3. The van der Waals surface area contributed by atoms with Crippen LogP contribution in [0.25, 0.3) is 0 Å². The Morgan fingerprint density at radius 3 is 2.78 bits per heavy atom. The molecule has 0 aromatic carbocycles.